The average molecular weight is 377 g/mol. The van der Waals surface area contributed by atoms with Crippen LogP contribution >= 0.6 is 11.6 Å². The number of aromatic nitrogens is 3. The van der Waals surface area contributed by atoms with Gasteiger partial charge in [-0.3, -0.25) is 0 Å². The van der Waals surface area contributed by atoms with Crippen LogP contribution in [0.4, 0.5) is 13.2 Å². The predicted molar refractivity (Wildman–Crippen MR) is 87.0 cm³/mol. The minimum absolute atomic E-state index is 0.171. The highest BCUT2D eigenvalue weighted by Crippen LogP contribution is 2.30. The number of allylic oxidation sites excluding steroid dienone is 3. The van der Waals surface area contributed by atoms with Crippen LogP contribution < -0.4 is 5.32 Å². The van der Waals surface area contributed by atoms with Gasteiger partial charge in [-0.05, 0) is 24.8 Å². The fourth-order valence-corrected chi connectivity index (χ4v) is 3.20. The first kappa shape index (κ1) is 18.4. The van der Waals surface area contributed by atoms with Crippen LogP contribution in [0.5, 0.6) is 0 Å². The second-order valence-corrected chi connectivity index (χ2v) is 7.01. The van der Waals surface area contributed by atoms with Crippen molar-refractivity contribution >= 4 is 11.6 Å². The topological polar surface area (TPSA) is 52.0 Å². The van der Waals surface area contributed by atoms with Gasteiger partial charge in [-0.1, -0.05) is 35.4 Å². The summed E-state index contributed by atoms with van der Waals surface area (Å²) in [6.07, 6.45) is 2.38. The lowest BCUT2D eigenvalue weighted by atomic mass is 9.91. The molecule has 5 nitrogen and oxygen atoms in total. The molecule has 1 aliphatic carbocycles. The van der Waals surface area contributed by atoms with Crippen LogP contribution in [-0.2, 0) is 11.3 Å². The predicted octanol–water partition coefficient (Wildman–Crippen LogP) is 3.35. The number of rotatable bonds is 4. The van der Waals surface area contributed by atoms with E-state index in [1.54, 1.807) is 0 Å². The summed E-state index contributed by atoms with van der Waals surface area (Å²) >= 11 is 6.10. The SMILES string of the molecule is CC1CC(C[C@H]2CO[C@@H](c3cn(CC(F)(F)F)nn3)CN2)=CC=C1Cl. The first-order valence-electron chi connectivity index (χ1n) is 8.17. The van der Waals surface area contributed by atoms with Crippen LogP contribution in [0.1, 0.15) is 31.6 Å². The maximum absolute atomic E-state index is 12.4. The van der Waals surface area contributed by atoms with Gasteiger partial charge in [-0.25, -0.2) is 4.68 Å². The van der Waals surface area contributed by atoms with Gasteiger partial charge in [-0.15, -0.1) is 5.10 Å². The van der Waals surface area contributed by atoms with Gasteiger partial charge in [0.05, 0.1) is 12.8 Å². The minimum Gasteiger partial charge on any atom is -0.369 e. The Morgan fingerprint density at radius 3 is 2.84 bits per heavy atom. The van der Waals surface area contributed by atoms with Gasteiger partial charge in [-0.2, -0.15) is 13.2 Å². The Labute approximate surface area is 148 Å². The summed E-state index contributed by atoms with van der Waals surface area (Å²) in [4.78, 5) is 0. The molecule has 0 spiro atoms. The summed E-state index contributed by atoms with van der Waals surface area (Å²) < 4.78 is 43.7. The second-order valence-electron chi connectivity index (χ2n) is 6.57. The lowest BCUT2D eigenvalue weighted by molar-refractivity contribution is -0.142. The van der Waals surface area contributed by atoms with Crippen LogP contribution in [0, 0.1) is 5.92 Å². The molecule has 1 aromatic rings. The lowest BCUT2D eigenvalue weighted by Gasteiger charge is -2.30. The molecular weight excluding hydrogens is 357 g/mol. The van der Waals surface area contributed by atoms with Crippen molar-refractivity contribution in [1.29, 1.82) is 0 Å². The van der Waals surface area contributed by atoms with Crippen molar-refractivity contribution in [2.24, 2.45) is 5.92 Å². The van der Waals surface area contributed by atoms with E-state index >= 15 is 0 Å². The van der Waals surface area contributed by atoms with Crippen molar-refractivity contribution in [3.8, 4) is 0 Å². The Kier molecular flexibility index (Phi) is 5.50. The summed E-state index contributed by atoms with van der Waals surface area (Å²) in [7, 11) is 0. The Morgan fingerprint density at radius 2 is 2.20 bits per heavy atom. The van der Waals surface area contributed by atoms with Gasteiger partial charge in [0.25, 0.3) is 0 Å². The highest BCUT2D eigenvalue weighted by molar-refractivity contribution is 6.30. The third-order valence-electron chi connectivity index (χ3n) is 4.34. The third kappa shape index (κ3) is 5.05. The van der Waals surface area contributed by atoms with E-state index in [-0.39, 0.29) is 12.1 Å². The van der Waals surface area contributed by atoms with Crippen molar-refractivity contribution < 1.29 is 17.9 Å². The number of alkyl halides is 3. The van der Waals surface area contributed by atoms with Crippen LogP contribution in [0.25, 0.3) is 0 Å². The number of hydrogen-bond acceptors (Lipinski definition) is 4. The molecule has 1 unspecified atom stereocenters. The fraction of sp³-hybridized carbons (Fsp3) is 0.625. The number of nitrogens with zero attached hydrogens (tertiary/aromatic N) is 3. The van der Waals surface area contributed by atoms with Gasteiger partial charge < -0.3 is 10.1 Å². The molecule has 0 amide bonds. The van der Waals surface area contributed by atoms with Gasteiger partial charge in [0.1, 0.15) is 18.3 Å². The Bertz CT molecular complexity index is 663. The van der Waals surface area contributed by atoms with Crippen LogP contribution in [0.2, 0.25) is 0 Å². The molecule has 1 aliphatic heterocycles. The highest BCUT2D eigenvalue weighted by Gasteiger charge is 2.30. The molecule has 0 saturated carbocycles. The summed E-state index contributed by atoms with van der Waals surface area (Å²) in [5.41, 5.74) is 1.72. The summed E-state index contributed by atoms with van der Waals surface area (Å²) in [6.45, 7) is 1.91. The number of ether oxygens (including phenoxy) is 1. The van der Waals surface area contributed by atoms with Crippen molar-refractivity contribution in [3.05, 3.63) is 34.6 Å². The second kappa shape index (κ2) is 7.47. The quantitative estimate of drug-likeness (QED) is 0.875. The molecule has 138 valence electrons. The lowest BCUT2D eigenvalue weighted by Crippen LogP contribution is -2.43. The molecule has 1 saturated heterocycles. The maximum atomic E-state index is 12.4. The summed E-state index contributed by atoms with van der Waals surface area (Å²) in [5.74, 6) is 0.336. The molecule has 0 bridgehead atoms. The van der Waals surface area contributed by atoms with E-state index in [0.717, 1.165) is 22.6 Å². The first-order valence-corrected chi connectivity index (χ1v) is 8.55. The molecule has 3 rings (SSSR count). The Morgan fingerprint density at radius 1 is 1.40 bits per heavy atom. The third-order valence-corrected chi connectivity index (χ3v) is 4.84. The number of nitrogens with one attached hydrogen (secondary N) is 1. The number of morpholine rings is 1. The van der Waals surface area contributed by atoms with Gasteiger partial charge >= 0.3 is 6.18 Å². The molecule has 3 atom stereocenters. The molecule has 0 radical (unpaired) electrons. The zero-order chi connectivity index (χ0) is 18.0. The maximum Gasteiger partial charge on any atom is 0.408 e. The van der Waals surface area contributed by atoms with Crippen molar-refractivity contribution in [2.75, 3.05) is 13.2 Å². The molecule has 0 aromatic carbocycles. The normalized spacial score (nSPS) is 27.8. The van der Waals surface area contributed by atoms with E-state index in [2.05, 4.69) is 28.6 Å². The summed E-state index contributed by atoms with van der Waals surface area (Å²) in [5, 5.41) is 11.6. The number of hydrogen-bond donors (Lipinski definition) is 1. The smallest absolute Gasteiger partial charge is 0.369 e. The van der Waals surface area contributed by atoms with E-state index < -0.39 is 12.7 Å². The highest BCUT2D eigenvalue weighted by atomic mass is 35.5. The Hall–Kier alpha value is -1.38. The molecule has 1 fully saturated rings. The minimum atomic E-state index is -4.32. The van der Waals surface area contributed by atoms with Gasteiger partial charge in [0, 0.05) is 17.6 Å². The molecule has 1 N–H and O–H groups in total. The van der Waals surface area contributed by atoms with Crippen molar-refractivity contribution in [3.63, 3.8) is 0 Å². The largest absolute Gasteiger partial charge is 0.408 e. The van der Waals surface area contributed by atoms with Gasteiger partial charge in [0.2, 0.25) is 0 Å². The molecule has 25 heavy (non-hydrogen) atoms. The Balaban J connectivity index is 1.51. The van der Waals surface area contributed by atoms with E-state index in [4.69, 9.17) is 16.3 Å². The standard InChI is InChI=1S/C16H20ClF3N4O/c1-10-4-11(2-3-13(10)17)5-12-8-25-15(6-21-12)14-7-24(23-22-14)9-16(18,19)20/h2-3,7,10,12,15,21H,4-6,8-9H2,1H3/t10?,12-,15+/m0/s1. The molecule has 9 heteroatoms. The zero-order valence-electron chi connectivity index (χ0n) is 13.8. The average Bonchev–Trinajstić information content (AvgIpc) is 2.98. The zero-order valence-corrected chi connectivity index (χ0v) is 14.5. The van der Waals surface area contributed by atoms with Crippen LogP contribution in [0.3, 0.4) is 0 Å². The van der Waals surface area contributed by atoms with Crippen LogP contribution in [-0.4, -0.2) is 40.4 Å². The molecule has 2 aliphatic rings. The van der Waals surface area contributed by atoms with E-state index in [0.29, 0.717) is 24.8 Å². The van der Waals surface area contributed by atoms with E-state index in [1.165, 1.54) is 11.8 Å². The molecule has 1 aromatic heterocycles. The van der Waals surface area contributed by atoms with Crippen molar-refractivity contribution in [1.82, 2.24) is 20.3 Å². The van der Waals surface area contributed by atoms with Gasteiger partial charge in [0.15, 0.2) is 0 Å². The van der Waals surface area contributed by atoms with E-state index in [9.17, 15) is 13.2 Å². The number of halogens is 4. The van der Waals surface area contributed by atoms with E-state index in [1.807, 2.05) is 6.08 Å². The molecular formula is C16H20ClF3N4O. The monoisotopic (exact) mass is 376 g/mol. The van der Waals surface area contributed by atoms with Crippen molar-refractivity contribution in [2.45, 2.75) is 44.6 Å². The first-order chi connectivity index (χ1) is 11.8. The van der Waals surface area contributed by atoms with Crippen LogP contribution in [0.15, 0.2) is 29.0 Å². The summed E-state index contributed by atoms with van der Waals surface area (Å²) in [6, 6.07) is 0.171. The fourth-order valence-electron chi connectivity index (χ4n) is 3.06. The molecule has 2 heterocycles.